The summed E-state index contributed by atoms with van der Waals surface area (Å²) in [5.74, 6) is -1.90. The Morgan fingerprint density at radius 2 is 1.89 bits per heavy atom. The lowest BCUT2D eigenvalue weighted by molar-refractivity contribution is -0.150. The molecule has 13 heteroatoms. The molecule has 0 radical (unpaired) electrons. The highest BCUT2D eigenvalue weighted by molar-refractivity contribution is 7.89. The van der Waals surface area contributed by atoms with Gasteiger partial charge in [-0.3, -0.25) is 9.59 Å². The average molecular weight is 563 g/mol. The lowest BCUT2D eigenvalue weighted by Crippen LogP contribution is -2.43. The number of H-pyrrole nitrogens is 1. The fourth-order valence-corrected chi connectivity index (χ4v) is 6.01. The summed E-state index contributed by atoms with van der Waals surface area (Å²) in [5, 5.41) is 5.99. The van der Waals surface area contributed by atoms with Crippen LogP contribution in [0.25, 0.3) is 10.9 Å². The number of ether oxygens (including phenoxy) is 2. The van der Waals surface area contributed by atoms with E-state index in [1.165, 1.54) is 29.4 Å². The summed E-state index contributed by atoms with van der Waals surface area (Å²) in [6.45, 7) is 1.58. The van der Waals surface area contributed by atoms with Gasteiger partial charge in [-0.2, -0.15) is 4.31 Å². The number of fused-ring (bicyclic) bond motifs is 1. The number of rotatable bonds is 9. The number of hydrogen-bond acceptors (Lipinski definition) is 7. The summed E-state index contributed by atoms with van der Waals surface area (Å²) in [6.07, 6.45) is 1.91. The van der Waals surface area contributed by atoms with Crippen molar-refractivity contribution in [3.63, 3.8) is 0 Å². The molecule has 1 fully saturated rings. The van der Waals surface area contributed by atoms with Crippen LogP contribution in [0.15, 0.2) is 53.6 Å². The number of carbonyl (C=O) groups excluding carboxylic acids is 3. The molecule has 1 aromatic heterocycles. The molecule has 2 amide bonds. The maximum absolute atomic E-state index is 13.0. The van der Waals surface area contributed by atoms with Gasteiger partial charge in [-0.25, -0.2) is 13.2 Å². The van der Waals surface area contributed by atoms with Gasteiger partial charge >= 0.3 is 5.97 Å². The maximum atomic E-state index is 13.0. The first-order valence-corrected chi connectivity index (χ1v) is 13.6. The van der Waals surface area contributed by atoms with Gasteiger partial charge in [0.1, 0.15) is 10.9 Å². The number of esters is 1. The molecular weight excluding hydrogens is 536 g/mol. The highest BCUT2D eigenvalue weighted by Gasteiger charge is 2.29. The van der Waals surface area contributed by atoms with Gasteiger partial charge in [0.2, 0.25) is 15.9 Å². The Kier molecular flexibility index (Phi) is 8.67. The number of carbonyl (C=O) groups is 3. The molecule has 4 rings (SSSR count). The second-order valence-corrected chi connectivity index (χ2v) is 10.9. The SMILES string of the molecule is CC(=O)N[C@@H](Cc1c[nH]c2ccccc12)C(=O)OCC(=O)Nc1ccc(Cl)c(S(=O)(=O)N2CCOCC2)c1. The van der Waals surface area contributed by atoms with Gasteiger partial charge in [0.15, 0.2) is 6.61 Å². The number of anilines is 1. The smallest absolute Gasteiger partial charge is 0.329 e. The summed E-state index contributed by atoms with van der Waals surface area (Å²) in [7, 11) is -3.90. The highest BCUT2D eigenvalue weighted by atomic mass is 35.5. The molecule has 1 atom stereocenters. The van der Waals surface area contributed by atoms with Gasteiger partial charge in [0.05, 0.1) is 18.2 Å². The van der Waals surface area contributed by atoms with Crippen molar-refractivity contribution in [1.82, 2.24) is 14.6 Å². The maximum Gasteiger partial charge on any atom is 0.329 e. The second-order valence-electron chi connectivity index (χ2n) is 8.63. The molecule has 0 spiro atoms. The molecule has 1 saturated heterocycles. The zero-order valence-electron chi connectivity index (χ0n) is 20.5. The summed E-state index contributed by atoms with van der Waals surface area (Å²) >= 11 is 6.15. The molecule has 3 aromatic rings. The van der Waals surface area contributed by atoms with Crippen molar-refractivity contribution < 1.29 is 32.3 Å². The van der Waals surface area contributed by atoms with E-state index in [4.69, 9.17) is 21.1 Å². The number of nitrogens with zero attached hydrogens (tertiary/aromatic N) is 1. The number of benzene rings is 2. The molecule has 1 aliphatic heterocycles. The first kappa shape index (κ1) is 27.6. The Labute approximate surface area is 224 Å². The van der Waals surface area contributed by atoms with Crippen molar-refractivity contribution in [3.05, 3.63) is 59.2 Å². The van der Waals surface area contributed by atoms with Crippen LogP contribution in [0.2, 0.25) is 5.02 Å². The van der Waals surface area contributed by atoms with E-state index in [2.05, 4.69) is 15.6 Å². The van der Waals surface area contributed by atoms with Gasteiger partial charge in [0, 0.05) is 49.2 Å². The standard InChI is InChI=1S/C25H27ClN4O7S/c1-16(31)28-22(12-17-14-27-21-5-3-2-4-19(17)21)25(33)37-15-24(32)29-18-6-7-20(26)23(13-18)38(34,35)30-8-10-36-11-9-30/h2-7,13-14,22,27H,8-12,15H2,1H3,(H,28,31)(H,29,32)/t22-/m0/s1. The topological polar surface area (TPSA) is 147 Å². The Morgan fingerprint density at radius 3 is 2.63 bits per heavy atom. The normalized spacial score (nSPS) is 15.1. The van der Waals surface area contributed by atoms with Crippen LogP contribution in [-0.2, 0) is 40.3 Å². The van der Waals surface area contributed by atoms with E-state index < -0.39 is 40.5 Å². The molecule has 0 unspecified atom stereocenters. The van der Waals surface area contributed by atoms with Crippen molar-refractivity contribution in [2.45, 2.75) is 24.3 Å². The highest BCUT2D eigenvalue weighted by Crippen LogP contribution is 2.28. The number of sulfonamides is 1. The van der Waals surface area contributed by atoms with Gasteiger partial charge < -0.3 is 25.1 Å². The van der Waals surface area contributed by atoms with Crippen LogP contribution in [0.3, 0.4) is 0 Å². The second kappa shape index (κ2) is 11.9. The first-order valence-electron chi connectivity index (χ1n) is 11.8. The van der Waals surface area contributed by atoms with Crippen LogP contribution >= 0.6 is 11.6 Å². The zero-order valence-corrected chi connectivity index (χ0v) is 22.1. The van der Waals surface area contributed by atoms with Crippen LogP contribution in [0.4, 0.5) is 5.69 Å². The minimum absolute atomic E-state index is 0.0105. The summed E-state index contributed by atoms with van der Waals surface area (Å²) in [5.41, 5.74) is 1.85. The minimum atomic E-state index is -3.90. The van der Waals surface area contributed by atoms with Gasteiger partial charge in [-0.15, -0.1) is 0 Å². The van der Waals surface area contributed by atoms with E-state index in [1.807, 2.05) is 24.3 Å². The van der Waals surface area contributed by atoms with E-state index in [0.29, 0.717) is 0 Å². The molecule has 2 aromatic carbocycles. The molecule has 0 aliphatic carbocycles. The minimum Gasteiger partial charge on any atom is -0.454 e. The monoisotopic (exact) mass is 562 g/mol. The first-order chi connectivity index (χ1) is 18.1. The predicted octanol–water partition coefficient (Wildman–Crippen LogP) is 2.07. The lowest BCUT2D eigenvalue weighted by atomic mass is 10.0. The molecular formula is C25H27ClN4O7S. The molecule has 202 valence electrons. The Hall–Kier alpha value is -3.45. The van der Waals surface area contributed by atoms with Crippen LogP contribution in [0, 0.1) is 0 Å². The van der Waals surface area contributed by atoms with Crippen LogP contribution in [0.1, 0.15) is 12.5 Å². The van der Waals surface area contributed by atoms with Crippen LogP contribution < -0.4 is 10.6 Å². The number of halogens is 1. The predicted molar refractivity (Wildman–Crippen MR) is 140 cm³/mol. The Morgan fingerprint density at radius 1 is 1.16 bits per heavy atom. The third kappa shape index (κ3) is 6.51. The number of aromatic nitrogens is 1. The van der Waals surface area contributed by atoms with Crippen LogP contribution in [-0.4, -0.2) is 74.4 Å². The van der Waals surface area contributed by atoms with Crippen molar-refractivity contribution in [2.75, 3.05) is 38.2 Å². The number of para-hydroxylation sites is 1. The number of aromatic amines is 1. The van der Waals surface area contributed by atoms with E-state index >= 15 is 0 Å². The largest absolute Gasteiger partial charge is 0.454 e. The molecule has 0 bridgehead atoms. The number of hydrogen-bond donors (Lipinski definition) is 3. The molecule has 0 saturated carbocycles. The van der Waals surface area contributed by atoms with E-state index in [0.717, 1.165) is 16.5 Å². The Balaban J connectivity index is 1.40. The lowest BCUT2D eigenvalue weighted by Gasteiger charge is -2.26. The summed E-state index contributed by atoms with van der Waals surface area (Å²) < 4.78 is 37.7. The van der Waals surface area contributed by atoms with Crippen LogP contribution in [0.5, 0.6) is 0 Å². The zero-order chi connectivity index (χ0) is 27.3. The molecule has 11 nitrogen and oxygen atoms in total. The van der Waals surface area contributed by atoms with E-state index in [1.54, 1.807) is 6.20 Å². The number of amides is 2. The summed E-state index contributed by atoms with van der Waals surface area (Å²) in [6, 6.07) is 10.6. The van der Waals surface area contributed by atoms with E-state index in [9.17, 15) is 22.8 Å². The summed E-state index contributed by atoms with van der Waals surface area (Å²) in [4.78, 5) is 39.9. The Bertz CT molecular complexity index is 1450. The molecule has 38 heavy (non-hydrogen) atoms. The van der Waals surface area contributed by atoms with Gasteiger partial charge in [-0.05, 0) is 29.8 Å². The number of nitrogens with one attached hydrogen (secondary N) is 3. The number of morpholine rings is 1. The van der Waals surface area contributed by atoms with E-state index in [-0.39, 0.29) is 48.3 Å². The average Bonchev–Trinajstić information content (AvgIpc) is 3.31. The van der Waals surface area contributed by atoms with Crippen molar-refractivity contribution in [2.24, 2.45) is 0 Å². The van der Waals surface area contributed by atoms with Crippen molar-refractivity contribution >= 4 is 56.0 Å². The van der Waals surface area contributed by atoms with Crippen molar-refractivity contribution in [1.29, 1.82) is 0 Å². The molecule has 3 N–H and O–H groups in total. The fraction of sp³-hybridized carbons (Fsp3) is 0.320. The third-order valence-corrected chi connectivity index (χ3v) is 8.29. The van der Waals surface area contributed by atoms with Gasteiger partial charge in [-0.1, -0.05) is 29.8 Å². The molecule has 1 aliphatic rings. The molecule has 2 heterocycles. The van der Waals surface area contributed by atoms with Crippen molar-refractivity contribution in [3.8, 4) is 0 Å². The quantitative estimate of drug-likeness (QED) is 0.338. The fourth-order valence-electron chi connectivity index (χ4n) is 4.10. The third-order valence-electron chi connectivity index (χ3n) is 5.91. The van der Waals surface area contributed by atoms with Gasteiger partial charge in [0.25, 0.3) is 5.91 Å².